The Hall–Kier alpha value is -2.37. The lowest BCUT2D eigenvalue weighted by Crippen LogP contribution is -2.45. The van der Waals surface area contributed by atoms with Gasteiger partial charge in [0.2, 0.25) is 0 Å². The first-order valence-electron chi connectivity index (χ1n) is 8.07. The Bertz CT molecular complexity index is 562. The van der Waals surface area contributed by atoms with E-state index in [0.717, 1.165) is 0 Å². The highest BCUT2D eigenvalue weighted by molar-refractivity contribution is 5.96. The second-order valence-corrected chi connectivity index (χ2v) is 6.16. The highest BCUT2D eigenvalue weighted by atomic mass is 16.5. The van der Waals surface area contributed by atoms with Crippen LogP contribution >= 0.6 is 0 Å². The lowest BCUT2D eigenvalue weighted by molar-refractivity contribution is -0.154. The van der Waals surface area contributed by atoms with Gasteiger partial charge in [-0.1, -0.05) is 18.2 Å². The lowest BCUT2D eigenvalue weighted by atomic mass is 10.2. The summed E-state index contributed by atoms with van der Waals surface area (Å²) in [6.07, 6.45) is 0. The Morgan fingerprint density at radius 1 is 1.00 bits per heavy atom. The fourth-order valence-electron chi connectivity index (χ4n) is 2.43. The average Bonchev–Trinajstić information content (AvgIpc) is 2.52. The number of ether oxygens (including phenoxy) is 1. The van der Waals surface area contributed by atoms with E-state index in [4.69, 9.17) is 4.74 Å². The van der Waals surface area contributed by atoms with Gasteiger partial charge < -0.3 is 15.0 Å². The molecule has 0 saturated carbocycles. The van der Waals surface area contributed by atoms with E-state index in [0.29, 0.717) is 5.56 Å². The molecule has 0 aliphatic heterocycles. The van der Waals surface area contributed by atoms with Gasteiger partial charge in [0.25, 0.3) is 11.8 Å². The minimum atomic E-state index is -0.836. The Morgan fingerprint density at radius 3 is 2.04 bits per heavy atom. The molecule has 0 bridgehead atoms. The maximum atomic E-state index is 12.2. The lowest BCUT2D eigenvalue weighted by Gasteiger charge is -2.30. The zero-order valence-corrected chi connectivity index (χ0v) is 14.9. The number of benzene rings is 1. The minimum Gasteiger partial charge on any atom is -0.454 e. The number of amides is 2. The maximum Gasteiger partial charge on any atom is 0.328 e. The van der Waals surface area contributed by atoms with Crippen LogP contribution < -0.4 is 5.32 Å². The summed E-state index contributed by atoms with van der Waals surface area (Å²) in [5.74, 6) is -1.26. The van der Waals surface area contributed by atoms with E-state index in [1.807, 2.05) is 27.7 Å². The van der Waals surface area contributed by atoms with Gasteiger partial charge in [-0.2, -0.15) is 0 Å². The highest BCUT2D eigenvalue weighted by Gasteiger charge is 2.23. The summed E-state index contributed by atoms with van der Waals surface area (Å²) in [7, 11) is 0. The first-order valence-corrected chi connectivity index (χ1v) is 8.07. The van der Waals surface area contributed by atoms with E-state index in [1.54, 1.807) is 35.2 Å². The van der Waals surface area contributed by atoms with E-state index in [2.05, 4.69) is 5.32 Å². The number of hydrogen-bond acceptors (Lipinski definition) is 4. The summed E-state index contributed by atoms with van der Waals surface area (Å²) in [5.41, 5.74) is 0.457. The predicted molar refractivity (Wildman–Crippen MR) is 91.4 cm³/mol. The monoisotopic (exact) mass is 334 g/mol. The predicted octanol–water partition coefficient (Wildman–Crippen LogP) is 1.99. The summed E-state index contributed by atoms with van der Waals surface area (Å²) in [4.78, 5) is 37.8. The van der Waals surface area contributed by atoms with Crippen molar-refractivity contribution in [3.05, 3.63) is 35.9 Å². The van der Waals surface area contributed by atoms with Crippen LogP contribution in [0.15, 0.2) is 30.3 Å². The van der Waals surface area contributed by atoms with Crippen LogP contribution in [0, 0.1) is 0 Å². The quantitative estimate of drug-likeness (QED) is 0.774. The molecule has 1 aromatic rings. The summed E-state index contributed by atoms with van der Waals surface area (Å²) in [5, 5.41) is 2.56. The smallest absolute Gasteiger partial charge is 0.328 e. The SMILES string of the molecule is CC(C)N(C(=O)COC(=O)[C@H](C)NC(=O)c1ccccc1)C(C)C. The molecule has 0 saturated heterocycles. The molecule has 6 nitrogen and oxygen atoms in total. The Balaban J connectivity index is 2.52. The van der Waals surface area contributed by atoms with Crippen LogP contribution in [0.3, 0.4) is 0 Å². The Labute approximate surface area is 143 Å². The number of nitrogens with zero attached hydrogens (tertiary/aromatic N) is 1. The van der Waals surface area contributed by atoms with Crippen LogP contribution in [0.4, 0.5) is 0 Å². The third-order valence-corrected chi connectivity index (χ3v) is 3.48. The molecular weight excluding hydrogens is 308 g/mol. The highest BCUT2D eigenvalue weighted by Crippen LogP contribution is 2.06. The molecule has 24 heavy (non-hydrogen) atoms. The van der Waals surface area contributed by atoms with Gasteiger partial charge in [-0.15, -0.1) is 0 Å². The third kappa shape index (κ3) is 5.68. The zero-order chi connectivity index (χ0) is 18.3. The normalized spacial score (nSPS) is 12.0. The molecule has 0 aliphatic rings. The van der Waals surface area contributed by atoms with Crippen LogP contribution in [0.5, 0.6) is 0 Å². The number of hydrogen-bond donors (Lipinski definition) is 1. The minimum absolute atomic E-state index is 0.0198. The van der Waals surface area contributed by atoms with Crippen LogP contribution in [0.25, 0.3) is 0 Å². The largest absolute Gasteiger partial charge is 0.454 e. The summed E-state index contributed by atoms with van der Waals surface area (Å²) in [6, 6.07) is 7.79. The molecule has 0 aliphatic carbocycles. The van der Waals surface area contributed by atoms with Gasteiger partial charge >= 0.3 is 5.97 Å². The summed E-state index contributed by atoms with van der Waals surface area (Å²) in [6.45, 7) is 8.81. The van der Waals surface area contributed by atoms with E-state index in [1.165, 1.54) is 6.92 Å². The Morgan fingerprint density at radius 2 is 1.54 bits per heavy atom. The van der Waals surface area contributed by atoms with Gasteiger partial charge in [0.05, 0.1) is 0 Å². The Kier molecular flexibility index (Phi) is 7.42. The number of rotatable bonds is 7. The number of carbonyl (C=O) groups excluding carboxylic acids is 3. The molecule has 1 N–H and O–H groups in total. The van der Waals surface area contributed by atoms with Crippen molar-refractivity contribution in [2.45, 2.75) is 52.7 Å². The number of nitrogens with one attached hydrogen (secondary N) is 1. The molecule has 2 amide bonds. The van der Waals surface area contributed by atoms with Crippen molar-refractivity contribution in [1.82, 2.24) is 10.2 Å². The molecule has 132 valence electrons. The first kappa shape index (κ1) is 19.7. The first-order chi connectivity index (χ1) is 11.2. The molecule has 1 atom stereocenters. The number of carbonyl (C=O) groups is 3. The number of esters is 1. The van der Waals surface area contributed by atoms with Crippen LogP contribution in [-0.2, 0) is 14.3 Å². The van der Waals surface area contributed by atoms with Crippen molar-refractivity contribution >= 4 is 17.8 Å². The van der Waals surface area contributed by atoms with Crippen molar-refractivity contribution in [3.8, 4) is 0 Å². The van der Waals surface area contributed by atoms with E-state index in [-0.39, 0.29) is 30.5 Å². The fraction of sp³-hybridized carbons (Fsp3) is 0.500. The van der Waals surface area contributed by atoms with Crippen molar-refractivity contribution in [1.29, 1.82) is 0 Å². The molecular formula is C18H26N2O4. The summed E-state index contributed by atoms with van der Waals surface area (Å²) < 4.78 is 5.04. The molecule has 0 aromatic heterocycles. The second-order valence-electron chi connectivity index (χ2n) is 6.16. The molecule has 6 heteroatoms. The summed E-state index contributed by atoms with van der Waals surface area (Å²) >= 11 is 0. The maximum absolute atomic E-state index is 12.2. The van der Waals surface area contributed by atoms with Crippen molar-refractivity contribution in [3.63, 3.8) is 0 Å². The van der Waals surface area contributed by atoms with Crippen molar-refractivity contribution in [2.75, 3.05) is 6.61 Å². The molecule has 0 spiro atoms. The van der Waals surface area contributed by atoms with Crippen LogP contribution in [-0.4, -0.2) is 47.4 Å². The molecule has 1 rings (SSSR count). The molecule has 0 radical (unpaired) electrons. The van der Waals surface area contributed by atoms with Crippen molar-refractivity contribution in [2.24, 2.45) is 0 Å². The van der Waals surface area contributed by atoms with Gasteiger partial charge in [0, 0.05) is 17.6 Å². The van der Waals surface area contributed by atoms with Crippen LogP contribution in [0.2, 0.25) is 0 Å². The standard InChI is InChI=1S/C18H26N2O4/c1-12(2)20(13(3)4)16(21)11-24-18(23)14(5)19-17(22)15-9-7-6-8-10-15/h6-10,12-14H,11H2,1-5H3,(H,19,22)/t14-/m0/s1. The van der Waals surface area contributed by atoms with Crippen molar-refractivity contribution < 1.29 is 19.1 Å². The van der Waals surface area contributed by atoms with Gasteiger partial charge in [0.1, 0.15) is 6.04 Å². The van der Waals surface area contributed by atoms with Gasteiger partial charge in [-0.05, 0) is 46.8 Å². The molecule has 1 aromatic carbocycles. The van der Waals surface area contributed by atoms with Gasteiger partial charge in [0.15, 0.2) is 6.61 Å². The molecule has 0 fully saturated rings. The van der Waals surface area contributed by atoms with Crippen LogP contribution in [0.1, 0.15) is 45.0 Å². The van der Waals surface area contributed by atoms with E-state index >= 15 is 0 Å². The molecule has 0 unspecified atom stereocenters. The zero-order valence-electron chi connectivity index (χ0n) is 14.9. The second kappa shape index (κ2) is 9.05. The van der Waals surface area contributed by atoms with E-state index < -0.39 is 12.0 Å². The fourth-order valence-corrected chi connectivity index (χ4v) is 2.43. The van der Waals surface area contributed by atoms with E-state index in [9.17, 15) is 14.4 Å². The average molecular weight is 334 g/mol. The van der Waals surface area contributed by atoms with Gasteiger partial charge in [-0.3, -0.25) is 9.59 Å². The van der Waals surface area contributed by atoms with Gasteiger partial charge in [-0.25, -0.2) is 4.79 Å². The molecule has 0 heterocycles. The third-order valence-electron chi connectivity index (χ3n) is 3.48. The topological polar surface area (TPSA) is 75.7 Å².